The van der Waals surface area contributed by atoms with Gasteiger partial charge in [-0.3, -0.25) is 18.6 Å². The van der Waals surface area contributed by atoms with Crippen molar-refractivity contribution in [2.45, 2.75) is 89.7 Å². The lowest BCUT2D eigenvalue weighted by Crippen LogP contribution is -2.34. The molecule has 1 unspecified atom stereocenters. The van der Waals surface area contributed by atoms with Crippen LogP contribution >= 0.6 is 7.82 Å². The number of esters is 1. The van der Waals surface area contributed by atoms with E-state index in [2.05, 4.69) is 16.0 Å². The van der Waals surface area contributed by atoms with Gasteiger partial charge >= 0.3 is 19.8 Å². The number of hydrogen-bond donors (Lipinski definition) is 4. The Morgan fingerprint density at radius 2 is 1.40 bits per heavy atom. The fraction of sp³-hybridized carbons (Fsp3) is 0.895. The molecule has 0 saturated carbocycles. The van der Waals surface area contributed by atoms with Crippen LogP contribution in [0.5, 0.6) is 0 Å². The highest BCUT2D eigenvalue weighted by Crippen LogP contribution is 2.43. The summed E-state index contributed by atoms with van der Waals surface area (Å²) in [6, 6.07) is -1.48. The van der Waals surface area contributed by atoms with Gasteiger partial charge in [-0.2, -0.15) is 0 Å². The monoisotopic (exact) mass is 455 g/mol. The van der Waals surface area contributed by atoms with Crippen LogP contribution < -0.4 is 5.73 Å². The molecule has 5 N–H and O–H groups in total. The molecule has 0 aliphatic heterocycles. The summed E-state index contributed by atoms with van der Waals surface area (Å²) >= 11 is 0. The van der Waals surface area contributed by atoms with Crippen molar-refractivity contribution in [1.29, 1.82) is 0 Å². The van der Waals surface area contributed by atoms with Crippen molar-refractivity contribution in [3.8, 4) is 0 Å². The highest BCUT2D eigenvalue weighted by Gasteiger charge is 2.26. The maximum Gasteiger partial charge on any atom is 0.472 e. The number of carboxylic acids is 1. The minimum Gasteiger partial charge on any atom is -0.480 e. The molecule has 0 aromatic rings. The molecule has 30 heavy (non-hydrogen) atoms. The molecule has 0 aliphatic rings. The number of carbonyl (C=O) groups is 2. The second-order valence-corrected chi connectivity index (χ2v) is 8.73. The molecule has 11 heteroatoms. The zero-order valence-electron chi connectivity index (χ0n) is 17.9. The van der Waals surface area contributed by atoms with E-state index in [4.69, 9.17) is 15.6 Å². The molecule has 0 heterocycles. The fourth-order valence-electron chi connectivity index (χ4n) is 2.53. The number of ether oxygens (including phenoxy) is 1. The van der Waals surface area contributed by atoms with Crippen LogP contribution in [0.15, 0.2) is 0 Å². The molecule has 0 spiro atoms. The largest absolute Gasteiger partial charge is 0.480 e. The molecule has 0 bridgehead atoms. The summed E-state index contributed by atoms with van der Waals surface area (Å²) in [4.78, 5) is 31.5. The summed E-state index contributed by atoms with van der Waals surface area (Å²) in [6.45, 7) is 0.464. The first-order valence-corrected chi connectivity index (χ1v) is 12.1. The van der Waals surface area contributed by atoms with E-state index in [1.54, 1.807) is 0 Å². The summed E-state index contributed by atoms with van der Waals surface area (Å²) in [5.74, 6) is -1.85. The third-order valence-electron chi connectivity index (χ3n) is 4.34. The number of rotatable bonds is 20. The van der Waals surface area contributed by atoms with E-state index in [0.29, 0.717) is 6.42 Å². The molecular weight excluding hydrogens is 417 g/mol. The number of carboxylic acid groups (broad SMARTS) is 1. The average Bonchev–Trinajstić information content (AvgIpc) is 2.70. The molecule has 0 aliphatic carbocycles. The molecular formula is C19H38NO9P. The smallest absolute Gasteiger partial charge is 0.472 e. The summed E-state index contributed by atoms with van der Waals surface area (Å²) in [7, 11) is -4.57. The van der Waals surface area contributed by atoms with Gasteiger partial charge in [0.1, 0.15) is 18.8 Å². The Morgan fingerprint density at radius 1 is 0.900 bits per heavy atom. The predicted molar refractivity (Wildman–Crippen MR) is 111 cm³/mol. The number of aliphatic carboxylic acids is 1. The van der Waals surface area contributed by atoms with Crippen molar-refractivity contribution in [2.24, 2.45) is 5.73 Å². The van der Waals surface area contributed by atoms with E-state index < -0.39 is 45.1 Å². The second kappa shape index (κ2) is 17.6. The number of phosphoric acid groups is 1. The van der Waals surface area contributed by atoms with Crippen molar-refractivity contribution in [3.05, 3.63) is 0 Å². The molecule has 10 nitrogen and oxygen atoms in total. The van der Waals surface area contributed by atoms with Crippen molar-refractivity contribution in [1.82, 2.24) is 0 Å². The Morgan fingerprint density at radius 3 is 1.93 bits per heavy atom. The lowest BCUT2D eigenvalue weighted by Gasteiger charge is -2.16. The molecule has 178 valence electrons. The van der Waals surface area contributed by atoms with Crippen LogP contribution in [0.1, 0.15) is 77.6 Å². The van der Waals surface area contributed by atoms with Crippen LogP contribution in [0, 0.1) is 0 Å². The maximum absolute atomic E-state index is 11.7. The van der Waals surface area contributed by atoms with E-state index in [1.165, 1.54) is 38.5 Å². The first kappa shape index (κ1) is 29.0. The van der Waals surface area contributed by atoms with Crippen molar-refractivity contribution >= 4 is 19.8 Å². The van der Waals surface area contributed by atoms with Gasteiger partial charge in [0, 0.05) is 6.42 Å². The van der Waals surface area contributed by atoms with Gasteiger partial charge in [0.2, 0.25) is 0 Å². The number of hydrogen-bond acceptors (Lipinski definition) is 8. The predicted octanol–water partition coefficient (Wildman–Crippen LogP) is 2.75. The molecule has 0 aromatic heterocycles. The van der Waals surface area contributed by atoms with Gasteiger partial charge in [-0.25, -0.2) is 4.57 Å². The fourth-order valence-corrected chi connectivity index (χ4v) is 3.31. The summed E-state index contributed by atoms with van der Waals surface area (Å²) in [5.41, 5.74) is 5.14. The van der Waals surface area contributed by atoms with Gasteiger partial charge in [0.15, 0.2) is 0 Å². The van der Waals surface area contributed by atoms with Crippen LogP contribution in [0.3, 0.4) is 0 Å². The third kappa shape index (κ3) is 17.8. The van der Waals surface area contributed by atoms with Crippen LogP contribution in [0.4, 0.5) is 0 Å². The average molecular weight is 455 g/mol. The summed E-state index contributed by atoms with van der Waals surface area (Å²) < 4.78 is 25.4. The Kier molecular flexibility index (Phi) is 17.0. The number of aliphatic hydroxyl groups is 1. The van der Waals surface area contributed by atoms with Crippen molar-refractivity contribution < 1.29 is 43.0 Å². The minimum atomic E-state index is -4.57. The number of phosphoric ester groups is 1. The van der Waals surface area contributed by atoms with Gasteiger partial charge in [-0.15, -0.1) is 0 Å². The second-order valence-electron chi connectivity index (χ2n) is 7.27. The standard InChI is InChI=1S/C19H38NO9P/c1-2-3-4-5-6-7-8-9-10-11-12-18(22)27-13-16(21)14-28-30(25,26)29-15-17(20)19(23)24/h16-17,21H,2-15,20H2,1H3,(H,23,24)(H,25,26)/t16-,17+/m1/s1. The lowest BCUT2D eigenvalue weighted by molar-refractivity contribution is -0.147. The van der Waals surface area contributed by atoms with E-state index >= 15 is 0 Å². The highest BCUT2D eigenvalue weighted by atomic mass is 31.2. The van der Waals surface area contributed by atoms with Crippen molar-refractivity contribution in [2.75, 3.05) is 19.8 Å². The van der Waals surface area contributed by atoms with Gasteiger partial charge in [-0.05, 0) is 6.42 Å². The van der Waals surface area contributed by atoms with Crippen LogP contribution in [0.2, 0.25) is 0 Å². The molecule has 0 fully saturated rings. The van der Waals surface area contributed by atoms with E-state index in [-0.39, 0.29) is 13.0 Å². The van der Waals surface area contributed by atoms with Gasteiger partial charge < -0.3 is 25.6 Å². The van der Waals surface area contributed by atoms with Crippen LogP contribution in [-0.2, 0) is 27.9 Å². The number of nitrogens with two attached hydrogens (primary N) is 1. The molecule has 0 amide bonds. The summed E-state index contributed by atoms with van der Waals surface area (Å²) in [5, 5.41) is 18.2. The molecule has 0 saturated heterocycles. The quantitative estimate of drug-likeness (QED) is 0.122. The first-order valence-electron chi connectivity index (χ1n) is 10.6. The maximum atomic E-state index is 11.7. The number of unbranched alkanes of at least 4 members (excludes halogenated alkanes) is 9. The van der Waals surface area contributed by atoms with Gasteiger partial charge in [0.25, 0.3) is 0 Å². The lowest BCUT2D eigenvalue weighted by atomic mass is 10.1. The topological polar surface area (TPSA) is 166 Å². The third-order valence-corrected chi connectivity index (χ3v) is 5.29. The van der Waals surface area contributed by atoms with Gasteiger partial charge in [0.05, 0.1) is 13.2 Å². The number of carbonyl (C=O) groups excluding carboxylic acids is 1. The van der Waals surface area contributed by atoms with Gasteiger partial charge in [-0.1, -0.05) is 64.7 Å². The molecule has 0 radical (unpaired) electrons. The highest BCUT2D eigenvalue weighted by molar-refractivity contribution is 7.47. The molecule has 3 atom stereocenters. The Bertz CT molecular complexity index is 518. The first-order chi connectivity index (χ1) is 14.2. The van der Waals surface area contributed by atoms with E-state index in [0.717, 1.165) is 19.3 Å². The van der Waals surface area contributed by atoms with E-state index in [1.807, 2.05) is 0 Å². The number of aliphatic hydroxyl groups excluding tert-OH is 1. The molecule has 0 rings (SSSR count). The minimum absolute atomic E-state index is 0.249. The van der Waals surface area contributed by atoms with Crippen LogP contribution in [-0.4, -0.2) is 59.0 Å². The SMILES string of the molecule is CCCCCCCCCCCCC(=O)OC[C@@H](O)COP(=O)(O)OC[C@H](N)C(=O)O. The van der Waals surface area contributed by atoms with Crippen LogP contribution in [0.25, 0.3) is 0 Å². The normalized spacial score (nSPS) is 15.3. The Hall–Kier alpha value is -1.03. The Balaban J connectivity index is 3.69. The summed E-state index contributed by atoms with van der Waals surface area (Å²) in [6.07, 6.45) is 10.5. The molecule has 0 aromatic carbocycles. The Labute approximate surface area is 178 Å². The van der Waals surface area contributed by atoms with Crippen molar-refractivity contribution in [3.63, 3.8) is 0 Å². The van der Waals surface area contributed by atoms with E-state index in [9.17, 15) is 24.2 Å². The zero-order valence-corrected chi connectivity index (χ0v) is 18.8. The zero-order chi connectivity index (χ0) is 22.8.